The monoisotopic (exact) mass is 531 g/mol. The summed E-state index contributed by atoms with van der Waals surface area (Å²) in [4.78, 5) is 38.9. The number of esters is 1. The van der Waals surface area contributed by atoms with Crippen molar-refractivity contribution in [2.45, 2.75) is 82.1 Å². The van der Waals surface area contributed by atoms with Crippen LogP contribution in [-0.4, -0.2) is 75.4 Å². The Morgan fingerprint density at radius 1 is 1.12 bits per heavy atom. The molecule has 1 rings (SSSR count). The van der Waals surface area contributed by atoms with Crippen LogP contribution < -0.4 is 10.6 Å². The number of nitrogens with zero attached hydrogens (tertiary/aromatic N) is 1. The van der Waals surface area contributed by atoms with Gasteiger partial charge in [-0.25, -0.2) is 4.79 Å². The summed E-state index contributed by atoms with van der Waals surface area (Å²) >= 11 is 16.9. The van der Waals surface area contributed by atoms with Crippen LogP contribution in [0, 0.1) is 11.8 Å². The summed E-state index contributed by atoms with van der Waals surface area (Å²) < 4.78 is 8.61. The van der Waals surface area contributed by atoms with E-state index in [2.05, 4.69) is 10.6 Å². The molecule has 1 aliphatic heterocycles. The Kier molecular flexibility index (Phi) is 11.5. The number of aliphatic hydroxyl groups is 1. The minimum atomic E-state index is -1.69. The fraction of sp³-hybridized carbons (Fsp3) is 0.857. The molecule has 4 unspecified atom stereocenters. The van der Waals surface area contributed by atoms with Crippen molar-refractivity contribution in [3.05, 3.63) is 0 Å². The van der Waals surface area contributed by atoms with E-state index in [1.54, 1.807) is 46.4 Å². The summed E-state index contributed by atoms with van der Waals surface area (Å²) in [6, 6.07) is -1.52. The molecular formula is C21H36Cl3N3O6. The lowest BCUT2D eigenvalue weighted by Crippen LogP contribution is -2.58. The van der Waals surface area contributed by atoms with E-state index in [0.717, 1.165) is 0 Å². The van der Waals surface area contributed by atoms with Crippen molar-refractivity contribution >= 4 is 52.8 Å². The molecule has 0 aromatic carbocycles. The quantitative estimate of drug-likeness (QED) is 0.325. The summed E-state index contributed by atoms with van der Waals surface area (Å²) in [6.07, 6.45) is -0.512. The molecular weight excluding hydrogens is 497 g/mol. The first-order valence-corrected chi connectivity index (χ1v) is 12.1. The van der Waals surface area contributed by atoms with Crippen molar-refractivity contribution in [3.8, 4) is 0 Å². The van der Waals surface area contributed by atoms with E-state index in [9.17, 15) is 19.5 Å². The third-order valence-corrected chi connectivity index (χ3v) is 5.30. The highest BCUT2D eigenvalue weighted by Gasteiger charge is 2.35. The summed E-state index contributed by atoms with van der Waals surface area (Å²) in [5, 5.41) is 16.1. The molecule has 33 heavy (non-hydrogen) atoms. The van der Waals surface area contributed by atoms with E-state index < -0.39 is 51.6 Å². The Hall–Kier alpha value is -1.00. The normalized spacial score (nSPS) is 20.5. The second-order valence-electron chi connectivity index (χ2n) is 9.64. The van der Waals surface area contributed by atoms with Gasteiger partial charge < -0.3 is 25.2 Å². The number of likely N-dealkylation sites (tertiary alicyclic amines) is 1. The van der Waals surface area contributed by atoms with E-state index in [-0.39, 0.29) is 19.1 Å². The first kappa shape index (κ1) is 30.0. The number of aliphatic hydroxyl groups excluding tert-OH is 1. The van der Waals surface area contributed by atoms with Gasteiger partial charge in [0.15, 0.2) is 0 Å². The molecule has 1 heterocycles. The molecule has 1 aliphatic rings. The number of nitrogens with one attached hydrogen (secondary N) is 2. The van der Waals surface area contributed by atoms with Crippen molar-refractivity contribution < 1.29 is 29.0 Å². The number of piperidine rings is 1. The molecule has 0 spiro atoms. The smallest absolute Gasteiger partial charge is 0.408 e. The van der Waals surface area contributed by atoms with Crippen LogP contribution in [0.2, 0.25) is 0 Å². The van der Waals surface area contributed by atoms with Gasteiger partial charge in [-0.3, -0.25) is 14.5 Å². The fourth-order valence-corrected chi connectivity index (χ4v) is 3.55. The van der Waals surface area contributed by atoms with Gasteiger partial charge >= 0.3 is 12.1 Å². The van der Waals surface area contributed by atoms with Gasteiger partial charge in [0.05, 0.1) is 12.0 Å². The minimum absolute atomic E-state index is 0.214. The zero-order valence-corrected chi connectivity index (χ0v) is 22.3. The summed E-state index contributed by atoms with van der Waals surface area (Å²) in [5.41, 5.74) is -0.698. The third-order valence-electron chi connectivity index (χ3n) is 4.98. The molecule has 192 valence electrons. The number of amides is 2. The molecule has 0 aromatic heterocycles. The van der Waals surface area contributed by atoms with Crippen LogP contribution in [0.25, 0.3) is 0 Å². The summed E-state index contributed by atoms with van der Waals surface area (Å²) in [7, 11) is 0. The van der Waals surface area contributed by atoms with Crippen molar-refractivity contribution in [1.29, 1.82) is 0 Å². The Morgan fingerprint density at radius 3 is 2.24 bits per heavy atom. The molecule has 0 aromatic rings. The average molecular weight is 533 g/mol. The van der Waals surface area contributed by atoms with E-state index in [4.69, 9.17) is 44.3 Å². The van der Waals surface area contributed by atoms with Crippen molar-refractivity contribution in [2.24, 2.45) is 11.8 Å². The first-order valence-electron chi connectivity index (χ1n) is 11.0. The number of carbonyl (C=O) groups is 3. The number of ether oxygens (including phenoxy) is 2. The van der Waals surface area contributed by atoms with Gasteiger partial charge in [-0.2, -0.15) is 0 Å². The highest BCUT2D eigenvalue weighted by molar-refractivity contribution is 6.67. The Balaban J connectivity index is 2.68. The summed E-state index contributed by atoms with van der Waals surface area (Å²) in [6.45, 7) is 10.9. The van der Waals surface area contributed by atoms with Gasteiger partial charge in [0.1, 0.15) is 24.5 Å². The Labute approximate surface area is 210 Å². The van der Waals surface area contributed by atoms with Gasteiger partial charge in [-0.05, 0) is 46.5 Å². The van der Waals surface area contributed by atoms with Gasteiger partial charge in [0.2, 0.25) is 9.70 Å². The number of rotatable bonds is 8. The van der Waals surface area contributed by atoms with Crippen LogP contribution in [0.15, 0.2) is 0 Å². The van der Waals surface area contributed by atoms with E-state index in [1.807, 2.05) is 0 Å². The van der Waals surface area contributed by atoms with Crippen LogP contribution >= 0.6 is 34.8 Å². The molecule has 0 bridgehead atoms. The van der Waals surface area contributed by atoms with Crippen molar-refractivity contribution in [3.63, 3.8) is 0 Å². The molecule has 0 saturated carbocycles. The van der Waals surface area contributed by atoms with Crippen molar-refractivity contribution in [2.75, 3.05) is 19.7 Å². The van der Waals surface area contributed by atoms with E-state index in [0.29, 0.717) is 19.4 Å². The fourth-order valence-electron chi connectivity index (χ4n) is 3.38. The highest BCUT2D eigenvalue weighted by Crippen LogP contribution is 2.27. The second kappa shape index (κ2) is 12.6. The number of alkyl halides is 3. The second-order valence-corrected chi connectivity index (χ2v) is 12.2. The number of carbonyl (C=O) groups excluding carboxylic acids is 3. The van der Waals surface area contributed by atoms with Gasteiger partial charge in [0, 0.05) is 13.1 Å². The lowest BCUT2D eigenvalue weighted by Gasteiger charge is -2.38. The van der Waals surface area contributed by atoms with Crippen molar-refractivity contribution in [1.82, 2.24) is 15.5 Å². The number of hydrogen-bond donors (Lipinski definition) is 3. The number of alkyl carbamates (subject to hydrolysis) is 1. The average Bonchev–Trinajstić information content (AvgIpc) is 2.67. The summed E-state index contributed by atoms with van der Waals surface area (Å²) in [5.74, 6) is -1.65. The topological polar surface area (TPSA) is 117 Å². The van der Waals surface area contributed by atoms with Gasteiger partial charge in [-0.1, -0.05) is 48.7 Å². The van der Waals surface area contributed by atoms with Crippen LogP contribution in [0.5, 0.6) is 0 Å². The van der Waals surface area contributed by atoms with Gasteiger partial charge in [0.25, 0.3) is 0 Å². The predicted octanol–water partition coefficient (Wildman–Crippen LogP) is 2.98. The maximum atomic E-state index is 12.8. The van der Waals surface area contributed by atoms with E-state index in [1.165, 1.54) is 0 Å². The predicted molar refractivity (Wildman–Crippen MR) is 127 cm³/mol. The van der Waals surface area contributed by atoms with Crippen LogP contribution in [0.4, 0.5) is 4.79 Å². The van der Waals surface area contributed by atoms with E-state index >= 15 is 0 Å². The number of hydrogen-bond acceptors (Lipinski definition) is 7. The third kappa shape index (κ3) is 11.3. The van der Waals surface area contributed by atoms with Crippen LogP contribution in [0.1, 0.15) is 54.4 Å². The number of halogens is 3. The molecule has 0 radical (unpaired) electrons. The first-order chi connectivity index (χ1) is 15.0. The lowest BCUT2D eigenvalue weighted by molar-refractivity contribution is -0.152. The van der Waals surface area contributed by atoms with Crippen LogP contribution in [-0.2, 0) is 19.1 Å². The largest absolute Gasteiger partial charge is 0.461 e. The van der Waals surface area contributed by atoms with Crippen LogP contribution in [0.3, 0.4) is 0 Å². The Bertz CT molecular complexity index is 681. The molecule has 3 N–H and O–H groups in total. The standard InChI is InChI=1S/C21H36Cl3N3O6/c1-12(2)15(26-19(31)33-20(4,5)6)16(28)25-13(3)17(29)27-9-7-8-14(10-27)18(30)32-11-21(22,23)24/h12-15,17,29H,7-11H2,1-6H3,(H,25,28)(H,26,31). The molecule has 12 heteroatoms. The molecule has 1 saturated heterocycles. The lowest BCUT2D eigenvalue weighted by atomic mass is 9.97. The zero-order valence-electron chi connectivity index (χ0n) is 20.0. The highest BCUT2D eigenvalue weighted by atomic mass is 35.6. The zero-order chi connectivity index (χ0) is 25.6. The molecule has 2 amide bonds. The maximum absolute atomic E-state index is 12.8. The minimum Gasteiger partial charge on any atom is -0.461 e. The van der Waals surface area contributed by atoms with Gasteiger partial charge in [-0.15, -0.1) is 0 Å². The molecule has 9 nitrogen and oxygen atoms in total. The SMILES string of the molecule is CC(C)C(NC(=O)OC(C)(C)C)C(=O)NC(C)C(O)N1CCCC(C(=O)OCC(Cl)(Cl)Cl)C1. The molecule has 1 fully saturated rings. The Morgan fingerprint density at radius 2 is 1.73 bits per heavy atom. The molecule has 4 atom stereocenters. The molecule has 0 aliphatic carbocycles. The maximum Gasteiger partial charge on any atom is 0.408 e.